The molecule has 0 spiro atoms. The summed E-state index contributed by atoms with van der Waals surface area (Å²) in [6.07, 6.45) is 10.3. The van der Waals surface area contributed by atoms with Crippen molar-refractivity contribution in [2.75, 3.05) is 19.8 Å². The maximum absolute atomic E-state index is 6.18. The molecule has 2 saturated carbocycles. The number of halogens is 1. The Bertz CT molecular complexity index is 348. The van der Waals surface area contributed by atoms with Gasteiger partial charge in [0, 0.05) is 42.1 Å². The van der Waals surface area contributed by atoms with Crippen molar-refractivity contribution in [3.8, 4) is 0 Å². The highest BCUT2D eigenvalue weighted by Crippen LogP contribution is 2.41. The SMILES string of the molecule is [B]C1COC(COC2CCC(C3CCC3)CC2)CN(I)C1C. The first-order valence-corrected chi connectivity index (χ1v) is 10.0. The molecule has 3 aliphatic rings. The van der Waals surface area contributed by atoms with E-state index in [1.165, 1.54) is 44.9 Å². The van der Waals surface area contributed by atoms with Crippen LogP contribution >= 0.6 is 22.9 Å². The molecule has 22 heavy (non-hydrogen) atoms. The molecule has 3 rings (SSSR count). The monoisotopic (exact) mass is 417 g/mol. The topological polar surface area (TPSA) is 21.7 Å². The Hall–Kier alpha value is 0.675. The lowest BCUT2D eigenvalue weighted by atomic mass is 9.70. The number of hydrogen-bond donors (Lipinski definition) is 0. The number of hydrogen-bond acceptors (Lipinski definition) is 3. The Kier molecular flexibility index (Phi) is 6.50. The first-order valence-electron chi connectivity index (χ1n) is 9.04. The van der Waals surface area contributed by atoms with E-state index in [2.05, 4.69) is 32.9 Å². The van der Waals surface area contributed by atoms with Gasteiger partial charge in [-0.25, -0.2) is 3.11 Å². The van der Waals surface area contributed by atoms with Gasteiger partial charge >= 0.3 is 0 Å². The van der Waals surface area contributed by atoms with Gasteiger partial charge in [-0.3, -0.25) is 0 Å². The van der Waals surface area contributed by atoms with E-state index >= 15 is 0 Å². The van der Waals surface area contributed by atoms with Crippen molar-refractivity contribution in [1.29, 1.82) is 0 Å². The lowest BCUT2D eigenvalue weighted by Crippen LogP contribution is -2.35. The molecule has 5 heteroatoms. The van der Waals surface area contributed by atoms with Crippen LogP contribution in [0.1, 0.15) is 51.9 Å². The predicted octanol–water partition coefficient (Wildman–Crippen LogP) is 3.76. The molecule has 0 aromatic carbocycles. The van der Waals surface area contributed by atoms with E-state index in [1.807, 2.05) is 0 Å². The van der Waals surface area contributed by atoms with E-state index in [0.29, 0.717) is 18.8 Å². The van der Waals surface area contributed by atoms with Crippen LogP contribution < -0.4 is 0 Å². The van der Waals surface area contributed by atoms with E-state index in [9.17, 15) is 0 Å². The van der Waals surface area contributed by atoms with Gasteiger partial charge in [-0.05, 0) is 50.3 Å². The number of ether oxygens (including phenoxy) is 2. The molecule has 0 amide bonds. The van der Waals surface area contributed by atoms with Crippen molar-refractivity contribution in [3.63, 3.8) is 0 Å². The molecule has 0 bridgehead atoms. The summed E-state index contributed by atoms with van der Waals surface area (Å²) in [7, 11) is 6.12. The normalized spacial score (nSPS) is 41.8. The van der Waals surface area contributed by atoms with E-state index in [1.54, 1.807) is 0 Å². The van der Waals surface area contributed by atoms with Crippen LogP contribution in [0.4, 0.5) is 0 Å². The zero-order valence-corrected chi connectivity index (χ0v) is 15.9. The van der Waals surface area contributed by atoms with Crippen molar-refractivity contribution in [2.24, 2.45) is 11.8 Å². The highest BCUT2D eigenvalue weighted by atomic mass is 127. The molecular formula is C17H29BINO2. The van der Waals surface area contributed by atoms with Crippen LogP contribution in [0.2, 0.25) is 5.82 Å². The molecule has 0 N–H and O–H groups in total. The Morgan fingerprint density at radius 2 is 1.82 bits per heavy atom. The zero-order chi connectivity index (χ0) is 15.5. The molecule has 3 nitrogen and oxygen atoms in total. The number of rotatable bonds is 4. The highest BCUT2D eigenvalue weighted by molar-refractivity contribution is 14.1. The van der Waals surface area contributed by atoms with E-state index in [4.69, 9.17) is 17.3 Å². The average Bonchev–Trinajstić information content (AvgIpc) is 2.59. The Balaban J connectivity index is 1.37. The smallest absolute Gasteiger partial charge is 0.0943 e. The van der Waals surface area contributed by atoms with Gasteiger partial charge in [-0.15, -0.1) is 0 Å². The third-order valence-corrected chi connectivity index (χ3v) is 7.29. The predicted molar refractivity (Wildman–Crippen MR) is 98.5 cm³/mol. The summed E-state index contributed by atoms with van der Waals surface area (Å²) in [5.74, 6) is 2.13. The summed E-state index contributed by atoms with van der Waals surface area (Å²) in [6.45, 7) is 4.44. The molecular weight excluding hydrogens is 388 g/mol. The summed E-state index contributed by atoms with van der Waals surface area (Å²) < 4.78 is 14.4. The minimum absolute atomic E-state index is 0.0971. The van der Waals surface area contributed by atoms with Crippen LogP contribution in [0.15, 0.2) is 0 Å². The molecule has 0 aromatic heterocycles. The Labute approximate surface area is 150 Å². The van der Waals surface area contributed by atoms with Gasteiger partial charge in [0.2, 0.25) is 0 Å². The van der Waals surface area contributed by atoms with Crippen molar-refractivity contribution < 1.29 is 9.47 Å². The van der Waals surface area contributed by atoms with Crippen LogP contribution in [-0.2, 0) is 9.47 Å². The van der Waals surface area contributed by atoms with E-state index in [0.717, 1.165) is 25.0 Å². The molecule has 124 valence electrons. The van der Waals surface area contributed by atoms with Crippen molar-refractivity contribution >= 4 is 30.7 Å². The second-order valence-electron chi connectivity index (χ2n) is 7.50. The molecule has 1 aliphatic heterocycles. The van der Waals surface area contributed by atoms with Gasteiger partial charge < -0.3 is 9.47 Å². The minimum Gasteiger partial charge on any atom is -0.375 e. The van der Waals surface area contributed by atoms with Crippen molar-refractivity contribution in [3.05, 3.63) is 0 Å². The standard InChI is InChI=1S/C17H29BINO2/c1-12-17(18)11-22-16(9-20(12)19)10-21-15-7-5-14(6-8-15)13-3-2-4-13/h12-17H,2-11H2,1H3. The fourth-order valence-electron chi connectivity index (χ4n) is 3.99. The second-order valence-corrected chi connectivity index (χ2v) is 8.74. The second kappa shape index (κ2) is 8.17. The summed E-state index contributed by atoms with van der Waals surface area (Å²) in [5, 5.41) is 0. The van der Waals surface area contributed by atoms with Crippen LogP contribution in [0.5, 0.6) is 0 Å². The minimum atomic E-state index is 0.0971. The van der Waals surface area contributed by atoms with E-state index in [-0.39, 0.29) is 11.9 Å². The largest absolute Gasteiger partial charge is 0.375 e. The van der Waals surface area contributed by atoms with Crippen molar-refractivity contribution in [1.82, 2.24) is 3.11 Å². The molecule has 3 unspecified atom stereocenters. The van der Waals surface area contributed by atoms with Crippen molar-refractivity contribution in [2.45, 2.75) is 75.9 Å². The maximum atomic E-state index is 6.18. The molecule has 3 fully saturated rings. The Morgan fingerprint density at radius 3 is 2.45 bits per heavy atom. The fourth-order valence-corrected chi connectivity index (χ4v) is 4.84. The van der Waals surface area contributed by atoms with Gasteiger partial charge in [0.05, 0.1) is 26.7 Å². The molecule has 2 aliphatic carbocycles. The summed E-state index contributed by atoms with van der Waals surface area (Å²) in [4.78, 5) is 0. The van der Waals surface area contributed by atoms with Crippen LogP contribution in [0.25, 0.3) is 0 Å². The van der Waals surface area contributed by atoms with Gasteiger partial charge in [0.1, 0.15) is 0 Å². The van der Waals surface area contributed by atoms with Gasteiger partial charge in [0.25, 0.3) is 0 Å². The van der Waals surface area contributed by atoms with Crippen LogP contribution in [-0.4, -0.2) is 49.0 Å². The molecule has 2 radical (unpaired) electrons. The Morgan fingerprint density at radius 1 is 1.14 bits per heavy atom. The third kappa shape index (κ3) is 4.39. The molecule has 0 aromatic rings. The van der Waals surface area contributed by atoms with Gasteiger partial charge in [0.15, 0.2) is 0 Å². The molecule has 1 saturated heterocycles. The lowest BCUT2D eigenvalue weighted by molar-refractivity contribution is -0.0571. The van der Waals surface area contributed by atoms with E-state index < -0.39 is 0 Å². The first-order chi connectivity index (χ1) is 10.6. The lowest BCUT2D eigenvalue weighted by Gasteiger charge is -2.38. The summed E-state index contributed by atoms with van der Waals surface area (Å²) in [6, 6.07) is 0.364. The molecule has 3 atom stereocenters. The quantitative estimate of drug-likeness (QED) is 0.395. The third-order valence-electron chi connectivity index (χ3n) is 6.02. The summed E-state index contributed by atoms with van der Waals surface area (Å²) in [5.41, 5.74) is 0. The average molecular weight is 417 g/mol. The summed E-state index contributed by atoms with van der Waals surface area (Å²) >= 11 is 2.37. The first kappa shape index (κ1) is 17.5. The zero-order valence-electron chi connectivity index (χ0n) is 13.8. The van der Waals surface area contributed by atoms with Gasteiger partial charge in [-0.2, -0.15) is 0 Å². The highest BCUT2D eigenvalue weighted by Gasteiger charge is 2.32. The van der Waals surface area contributed by atoms with Crippen LogP contribution in [0.3, 0.4) is 0 Å². The maximum Gasteiger partial charge on any atom is 0.0943 e. The molecule has 1 heterocycles. The van der Waals surface area contributed by atoms with Crippen LogP contribution in [0, 0.1) is 11.8 Å². The van der Waals surface area contributed by atoms with Gasteiger partial charge in [-0.1, -0.05) is 19.3 Å². The fraction of sp³-hybridized carbons (Fsp3) is 1.00. The number of nitrogens with zero attached hydrogens (tertiary/aromatic N) is 1.